The Bertz CT molecular complexity index is 506. The van der Waals surface area contributed by atoms with Crippen molar-refractivity contribution in [1.82, 2.24) is 4.81 Å². The third kappa shape index (κ3) is 3.20. The summed E-state index contributed by atoms with van der Waals surface area (Å²) in [5.74, 6) is 0.390. The molecule has 0 unspecified atom stereocenters. The van der Waals surface area contributed by atoms with Gasteiger partial charge in [0, 0.05) is 19.1 Å². The van der Waals surface area contributed by atoms with Crippen LogP contribution in [0, 0.1) is 0 Å². The van der Waals surface area contributed by atoms with Gasteiger partial charge in [-0.2, -0.15) is 0 Å². The van der Waals surface area contributed by atoms with E-state index in [0.29, 0.717) is 12.0 Å². The summed E-state index contributed by atoms with van der Waals surface area (Å²) in [5.41, 5.74) is 2.76. The molecule has 1 heterocycles. The topological polar surface area (TPSA) is 12.5 Å². The van der Waals surface area contributed by atoms with Crippen LogP contribution >= 0.6 is 0 Å². The van der Waals surface area contributed by atoms with Crippen molar-refractivity contribution < 1.29 is 4.65 Å². The molecule has 2 aromatic rings. The highest BCUT2D eigenvalue weighted by Gasteiger charge is 2.33. The van der Waals surface area contributed by atoms with Crippen molar-refractivity contribution in [3.8, 4) is 0 Å². The number of hydrogen-bond donors (Lipinski definition) is 0. The standard InChI is InChI=1S/C18H21BNO/c1-21-19-20-14-8-13-17(20)18(15-9-4-2-5-10-15)16-11-6-3-7-12-16/h2-7,9-12,17-18H,8,13-14H2,1H3/t17-/m0/s1. The molecule has 107 valence electrons. The lowest BCUT2D eigenvalue weighted by Crippen LogP contribution is -2.38. The molecule has 1 aliphatic rings. The van der Waals surface area contributed by atoms with Crippen molar-refractivity contribution in [2.75, 3.05) is 13.7 Å². The molecule has 1 saturated heterocycles. The van der Waals surface area contributed by atoms with E-state index in [9.17, 15) is 0 Å². The van der Waals surface area contributed by atoms with E-state index in [1.165, 1.54) is 24.0 Å². The predicted octanol–water partition coefficient (Wildman–Crippen LogP) is 3.46. The average molecular weight is 278 g/mol. The summed E-state index contributed by atoms with van der Waals surface area (Å²) in [4.78, 5) is 2.35. The molecule has 0 aromatic heterocycles. The van der Waals surface area contributed by atoms with E-state index >= 15 is 0 Å². The molecule has 0 bridgehead atoms. The maximum Gasteiger partial charge on any atom is 0.398 e. The number of rotatable bonds is 5. The molecule has 0 amide bonds. The second-order valence-electron chi connectivity index (χ2n) is 5.59. The summed E-state index contributed by atoms with van der Waals surface area (Å²) < 4.78 is 5.28. The lowest BCUT2D eigenvalue weighted by molar-refractivity contribution is 0.307. The van der Waals surface area contributed by atoms with E-state index in [1.54, 1.807) is 7.11 Å². The van der Waals surface area contributed by atoms with Crippen LogP contribution < -0.4 is 0 Å². The van der Waals surface area contributed by atoms with Crippen LogP contribution in [0.4, 0.5) is 0 Å². The van der Waals surface area contributed by atoms with Gasteiger partial charge in [-0.15, -0.1) is 0 Å². The Kier molecular flexibility index (Phi) is 4.74. The second-order valence-corrected chi connectivity index (χ2v) is 5.59. The minimum absolute atomic E-state index is 0.390. The normalized spacial score (nSPS) is 19.0. The van der Waals surface area contributed by atoms with Crippen molar-refractivity contribution in [3.63, 3.8) is 0 Å². The van der Waals surface area contributed by atoms with Crippen LogP contribution in [-0.4, -0.2) is 32.1 Å². The average Bonchev–Trinajstić information content (AvgIpc) is 2.98. The van der Waals surface area contributed by atoms with Crippen LogP contribution in [0.15, 0.2) is 60.7 Å². The Morgan fingerprint density at radius 2 is 1.57 bits per heavy atom. The molecule has 21 heavy (non-hydrogen) atoms. The fourth-order valence-electron chi connectivity index (χ4n) is 3.40. The lowest BCUT2D eigenvalue weighted by atomic mass is 9.83. The summed E-state index contributed by atoms with van der Waals surface area (Å²) in [6.45, 7) is 1.08. The zero-order chi connectivity index (χ0) is 14.5. The van der Waals surface area contributed by atoms with Crippen molar-refractivity contribution in [1.29, 1.82) is 0 Å². The Morgan fingerprint density at radius 1 is 1.00 bits per heavy atom. The van der Waals surface area contributed by atoms with Crippen LogP contribution in [0.25, 0.3) is 0 Å². The van der Waals surface area contributed by atoms with Crippen molar-refractivity contribution in [2.45, 2.75) is 24.8 Å². The number of benzene rings is 2. The monoisotopic (exact) mass is 278 g/mol. The van der Waals surface area contributed by atoms with Crippen LogP contribution in [0.5, 0.6) is 0 Å². The second kappa shape index (κ2) is 6.92. The van der Waals surface area contributed by atoms with E-state index in [4.69, 9.17) is 4.65 Å². The Morgan fingerprint density at radius 3 is 2.10 bits per heavy atom. The van der Waals surface area contributed by atoms with Gasteiger partial charge in [0.1, 0.15) is 0 Å². The Balaban J connectivity index is 1.97. The SMILES string of the molecule is CO[B]N1CCC[C@H]1C(c1ccccc1)c1ccccc1. The largest absolute Gasteiger partial charge is 0.427 e. The Hall–Kier alpha value is -1.58. The molecular formula is C18H21BNO. The molecule has 0 spiro atoms. The highest BCUT2D eigenvalue weighted by molar-refractivity contribution is 6.23. The summed E-state index contributed by atoms with van der Waals surface area (Å²) in [5, 5.41) is 0. The maximum absolute atomic E-state index is 5.28. The van der Waals surface area contributed by atoms with E-state index in [-0.39, 0.29) is 0 Å². The summed E-state index contributed by atoms with van der Waals surface area (Å²) in [6.07, 6.45) is 2.43. The molecule has 3 rings (SSSR count). The van der Waals surface area contributed by atoms with Crippen LogP contribution in [-0.2, 0) is 4.65 Å². The lowest BCUT2D eigenvalue weighted by Gasteiger charge is -2.31. The fourth-order valence-corrected chi connectivity index (χ4v) is 3.40. The third-order valence-corrected chi connectivity index (χ3v) is 4.29. The molecule has 1 atom stereocenters. The molecule has 1 fully saturated rings. The predicted molar refractivity (Wildman–Crippen MR) is 87.2 cm³/mol. The zero-order valence-corrected chi connectivity index (χ0v) is 12.5. The first kappa shape index (κ1) is 14.4. The van der Waals surface area contributed by atoms with Crippen LogP contribution in [0.2, 0.25) is 0 Å². The van der Waals surface area contributed by atoms with Gasteiger partial charge in [-0.1, -0.05) is 60.7 Å². The third-order valence-electron chi connectivity index (χ3n) is 4.29. The number of hydrogen-bond acceptors (Lipinski definition) is 2. The summed E-state index contributed by atoms with van der Waals surface area (Å²) in [7, 11) is 3.62. The van der Waals surface area contributed by atoms with Gasteiger partial charge in [0.25, 0.3) is 0 Å². The molecule has 2 nitrogen and oxygen atoms in total. The van der Waals surface area contributed by atoms with Gasteiger partial charge in [0.15, 0.2) is 0 Å². The first-order valence-electron chi connectivity index (χ1n) is 7.62. The molecule has 1 radical (unpaired) electrons. The highest BCUT2D eigenvalue weighted by Crippen LogP contribution is 2.35. The fraction of sp³-hybridized carbons (Fsp3) is 0.333. The molecule has 1 aliphatic heterocycles. The van der Waals surface area contributed by atoms with Crippen molar-refractivity contribution >= 4 is 7.62 Å². The van der Waals surface area contributed by atoms with Gasteiger partial charge in [-0.05, 0) is 30.5 Å². The van der Waals surface area contributed by atoms with Gasteiger partial charge < -0.3 is 9.47 Å². The maximum atomic E-state index is 5.28. The molecule has 0 N–H and O–H groups in total. The van der Waals surface area contributed by atoms with Gasteiger partial charge in [-0.25, -0.2) is 0 Å². The molecule has 0 aliphatic carbocycles. The molecular weight excluding hydrogens is 257 g/mol. The molecule has 0 saturated carbocycles. The van der Waals surface area contributed by atoms with Gasteiger partial charge in [0.2, 0.25) is 0 Å². The van der Waals surface area contributed by atoms with Crippen LogP contribution in [0.1, 0.15) is 29.9 Å². The smallest absolute Gasteiger partial charge is 0.398 e. The first-order chi connectivity index (χ1) is 10.4. The molecule has 2 aromatic carbocycles. The molecule has 3 heteroatoms. The van der Waals surface area contributed by atoms with Crippen molar-refractivity contribution in [3.05, 3.63) is 71.8 Å². The summed E-state index contributed by atoms with van der Waals surface area (Å²) >= 11 is 0. The minimum Gasteiger partial charge on any atom is -0.427 e. The minimum atomic E-state index is 0.390. The van der Waals surface area contributed by atoms with Gasteiger partial charge in [0.05, 0.1) is 0 Å². The zero-order valence-electron chi connectivity index (χ0n) is 12.5. The van der Waals surface area contributed by atoms with Gasteiger partial charge in [-0.3, -0.25) is 0 Å². The van der Waals surface area contributed by atoms with E-state index < -0.39 is 0 Å². The van der Waals surface area contributed by atoms with E-state index in [0.717, 1.165) is 6.54 Å². The highest BCUT2D eigenvalue weighted by atomic mass is 16.4. The number of nitrogens with zero attached hydrogens (tertiary/aromatic N) is 1. The van der Waals surface area contributed by atoms with Crippen molar-refractivity contribution in [2.24, 2.45) is 0 Å². The van der Waals surface area contributed by atoms with E-state index in [2.05, 4.69) is 65.5 Å². The first-order valence-corrected chi connectivity index (χ1v) is 7.62. The van der Waals surface area contributed by atoms with E-state index in [1.807, 2.05) is 7.62 Å². The van der Waals surface area contributed by atoms with Gasteiger partial charge >= 0.3 is 7.62 Å². The Labute approximate surface area is 128 Å². The van der Waals surface area contributed by atoms with Crippen LogP contribution in [0.3, 0.4) is 0 Å². The summed E-state index contributed by atoms with van der Waals surface area (Å²) in [6, 6.07) is 22.1. The quantitative estimate of drug-likeness (QED) is 0.776.